The molecule has 1 N–H and O–H groups in total. The van der Waals surface area contributed by atoms with Crippen molar-refractivity contribution in [3.05, 3.63) is 35.4 Å². The first-order chi connectivity index (χ1) is 8.58. The summed E-state index contributed by atoms with van der Waals surface area (Å²) in [7, 11) is 1.68. The maximum absolute atomic E-state index is 12.6. The molecule has 1 aromatic carbocycles. The van der Waals surface area contributed by atoms with E-state index in [2.05, 4.69) is 5.32 Å². The Bertz CT molecular complexity index is 396. The number of carbonyl (C=O) groups excluding carboxylic acids is 1. The minimum atomic E-state index is -2.51. The van der Waals surface area contributed by atoms with Crippen LogP contribution in [0, 0.1) is 0 Å². The molecule has 1 unspecified atom stereocenters. The van der Waals surface area contributed by atoms with Gasteiger partial charge in [-0.15, -0.1) is 0 Å². The number of hydrogen-bond donors (Lipinski definition) is 1. The molecule has 0 saturated carbocycles. The molecule has 0 aliphatic heterocycles. The van der Waals surface area contributed by atoms with Gasteiger partial charge in [0.15, 0.2) is 0 Å². The van der Waals surface area contributed by atoms with Crippen molar-refractivity contribution >= 4 is 5.97 Å². The van der Waals surface area contributed by atoms with Crippen molar-refractivity contribution in [2.24, 2.45) is 0 Å². The SMILES string of the molecule is CCOC(=O)CC(NC)c1cccc(C(F)F)c1. The highest BCUT2D eigenvalue weighted by Crippen LogP contribution is 2.24. The minimum absolute atomic E-state index is 0.0448. The van der Waals surface area contributed by atoms with Gasteiger partial charge in [-0.25, -0.2) is 8.78 Å². The van der Waals surface area contributed by atoms with Gasteiger partial charge in [-0.05, 0) is 25.6 Å². The van der Waals surface area contributed by atoms with E-state index < -0.39 is 6.43 Å². The Labute approximate surface area is 105 Å². The number of alkyl halides is 2. The predicted octanol–water partition coefficient (Wildman–Crippen LogP) is 2.84. The number of esters is 1. The van der Waals surface area contributed by atoms with Crippen molar-refractivity contribution in [2.75, 3.05) is 13.7 Å². The lowest BCUT2D eigenvalue weighted by molar-refractivity contribution is -0.143. The quantitative estimate of drug-likeness (QED) is 0.796. The summed E-state index contributed by atoms with van der Waals surface area (Å²) in [6.07, 6.45) is -2.39. The second-order valence-electron chi connectivity index (χ2n) is 3.82. The summed E-state index contributed by atoms with van der Waals surface area (Å²) in [5.41, 5.74) is 0.611. The molecule has 0 saturated heterocycles. The van der Waals surface area contributed by atoms with Crippen molar-refractivity contribution in [3.63, 3.8) is 0 Å². The Morgan fingerprint density at radius 1 is 1.39 bits per heavy atom. The minimum Gasteiger partial charge on any atom is -0.466 e. The standard InChI is InChI=1S/C13H17F2NO2/c1-3-18-12(17)8-11(16-2)9-5-4-6-10(7-9)13(14)15/h4-7,11,13,16H,3,8H2,1-2H3. The van der Waals surface area contributed by atoms with E-state index >= 15 is 0 Å². The number of nitrogens with one attached hydrogen (secondary N) is 1. The summed E-state index contributed by atoms with van der Waals surface area (Å²) in [6, 6.07) is 5.73. The Balaban J connectivity index is 2.81. The first-order valence-electron chi connectivity index (χ1n) is 5.79. The average molecular weight is 257 g/mol. The molecule has 100 valence electrons. The maximum atomic E-state index is 12.6. The van der Waals surface area contributed by atoms with Crippen LogP contribution < -0.4 is 5.32 Å². The summed E-state index contributed by atoms with van der Waals surface area (Å²) in [5, 5.41) is 2.93. The van der Waals surface area contributed by atoms with Crippen LogP contribution in [0.15, 0.2) is 24.3 Å². The van der Waals surface area contributed by atoms with Gasteiger partial charge in [0.2, 0.25) is 0 Å². The zero-order valence-corrected chi connectivity index (χ0v) is 10.5. The number of hydrogen-bond acceptors (Lipinski definition) is 3. The van der Waals surface area contributed by atoms with E-state index in [0.29, 0.717) is 12.2 Å². The number of carbonyl (C=O) groups is 1. The van der Waals surface area contributed by atoms with Gasteiger partial charge >= 0.3 is 5.97 Å². The normalized spacial score (nSPS) is 12.5. The molecule has 1 rings (SSSR count). The fourth-order valence-corrected chi connectivity index (χ4v) is 1.68. The third-order valence-corrected chi connectivity index (χ3v) is 2.59. The van der Waals surface area contributed by atoms with Crippen LogP contribution in [0.1, 0.15) is 36.9 Å². The van der Waals surface area contributed by atoms with Crippen molar-refractivity contribution in [2.45, 2.75) is 25.8 Å². The largest absolute Gasteiger partial charge is 0.466 e. The Morgan fingerprint density at radius 3 is 2.61 bits per heavy atom. The summed E-state index contributed by atoms with van der Waals surface area (Å²) in [5.74, 6) is -0.348. The zero-order chi connectivity index (χ0) is 13.5. The molecule has 1 atom stereocenters. The van der Waals surface area contributed by atoms with Gasteiger partial charge in [0, 0.05) is 11.6 Å². The van der Waals surface area contributed by atoms with Crippen LogP contribution in [0.5, 0.6) is 0 Å². The third kappa shape index (κ3) is 4.07. The van der Waals surface area contributed by atoms with E-state index in [1.165, 1.54) is 12.1 Å². The van der Waals surface area contributed by atoms with Gasteiger partial charge < -0.3 is 10.1 Å². The van der Waals surface area contributed by atoms with Gasteiger partial charge in [-0.1, -0.05) is 18.2 Å². The fourth-order valence-electron chi connectivity index (χ4n) is 1.68. The molecule has 0 radical (unpaired) electrons. The summed E-state index contributed by atoms with van der Waals surface area (Å²) >= 11 is 0. The maximum Gasteiger partial charge on any atom is 0.307 e. The molecule has 0 aromatic heterocycles. The van der Waals surface area contributed by atoms with Crippen molar-refractivity contribution in [1.29, 1.82) is 0 Å². The molecule has 0 aliphatic rings. The van der Waals surface area contributed by atoms with Crippen molar-refractivity contribution < 1.29 is 18.3 Å². The van der Waals surface area contributed by atoms with Crippen LogP contribution in [0.4, 0.5) is 8.78 Å². The molecule has 0 bridgehead atoms. The van der Waals surface area contributed by atoms with Crippen LogP contribution in [0.25, 0.3) is 0 Å². The van der Waals surface area contributed by atoms with E-state index in [-0.39, 0.29) is 24.0 Å². The van der Waals surface area contributed by atoms with Crippen LogP contribution in [-0.4, -0.2) is 19.6 Å². The lowest BCUT2D eigenvalue weighted by Gasteiger charge is -2.16. The molecule has 1 aromatic rings. The lowest BCUT2D eigenvalue weighted by atomic mass is 10.0. The summed E-state index contributed by atoms with van der Waals surface area (Å²) in [6.45, 7) is 2.04. The van der Waals surface area contributed by atoms with Crippen molar-refractivity contribution in [3.8, 4) is 0 Å². The Kier molecular flexibility index (Phi) is 5.71. The highest BCUT2D eigenvalue weighted by molar-refractivity contribution is 5.70. The van der Waals surface area contributed by atoms with Crippen LogP contribution in [0.2, 0.25) is 0 Å². The van der Waals surface area contributed by atoms with Gasteiger partial charge in [0.1, 0.15) is 0 Å². The molecule has 0 heterocycles. The number of halogens is 2. The van der Waals surface area contributed by atoms with Gasteiger partial charge in [0.05, 0.1) is 13.0 Å². The van der Waals surface area contributed by atoms with E-state index in [4.69, 9.17) is 4.74 Å². The number of rotatable bonds is 6. The Hall–Kier alpha value is -1.49. The molecule has 0 aliphatic carbocycles. The van der Waals surface area contributed by atoms with Crippen LogP contribution >= 0.6 is 0 Å². The molecular weight excluding hydrogens is 240 g/mol. The van der Waals surface area contributed by atoms with E-state index in [1.807, 2.05) is 0 Å². The lowest BCUT2D eigenvalue weighted by Crippen LogP contribution is -2.21. The van der Waals surface area contributed by atoms with E-state index in [0.717, 1.165) is 0 Å². The second-order valence-corrected chi connectivity index (χ2v) is 3.82. The fraction of sp³-hybridized carbons (Fsp3) is 0.462. The van der Waals surface area contributed by atoms with Gasteiger partial charge in [0.25, 0.3) is 6.43 Å². The predicted molar refractivity (Wildman–Crippen MR) is 64.4 cm³/mol. The first kappa shape index (κ1) is 14.6. The first-order valence-corrected chi connectivity index (χ1v) is 5.79. The molecule has 3 nitrogen and oxygen atoms in total. The molecule has 0 spiro atoms. The van der Waals surface area contributed by atoms with Crippen molar-refractivity contribution in [1.82, 2.24) is 5.32 Å². The van der Waals surface area contributed by atoms with Crippen LogP contribution in [0.3, 0.4) is 0 Å². The van der Waals surface area contributed by atoms with Crippen LogP contribution in [-0.2, 0) is 9.53 Å². The third-order valence-electron chi connectivity index (χ3n) is 2.59. The number of benzene rings is 1. The number of ether oxygens (including phenoxy) is 1. The molecule has 0 fully saturated rings. The smallest absolute Gasteiger partial charge is 0.307 e. The summed E-state index contributed by atoms with van der Waals surface area (Å²) in [4.78, 5) is 11.4. The molecule has 5 heteroatoms. The average Bonchev–Trinajstić information content (AvgIpc) is 2.36. The topological polar surface area (TPSA) is 38.3 Å². The monoisotopic (exact) mass is 257 g/mol. The zero-order valence-electron chi connectivity index (χ0n) is 10.5. The summed E-state index contributed by atoms with van der Waals surface area (Å²) < 4.78 is 30.0. The highest BCUT2D eigenvalue weighted by Gasteiger charge is 2.16. The highest BCUT2D eigenvalue weighted by atomic mass is 19.3. The van der Waals surface area contributed by atoms with E-state index in [9.17, 15) is 13.6 Å². The second kappa shape index (κ2) is 7.06. The van der Waals surface area contributed by atoms with E-state index in [1.54, 1.807) is 26.1 Å². The van der Waals surface area contributed by atoms with Gasteiger partial charge in [-0.3, -0.25) is 4.79 Å². The van der Waals surface area contributed by atoms with Gasteiger partial charge in [-0.2, -0.15) is 0 Å². The Morgan fingerprint density at radius 2 is 2.06 bits per heavy atom. The molecular formula is C13H17F2NO2. The molecule has 18 heavy (non-hydrogen) atoms. The molecule has 0 amide bonds.